The summed E-state index contributed by atoms with van der Waals surface area (Å²) in [7, 11) is 1.60. The maximum atomic E-state index is 12.1. The van der Waals surface area contributed by atoms with E-state index < -0.39 is 0 Å². The summed E-state index contributed by atoms with van der Waals surface area (Å²) in [4.78, 5) is 16.4. The molecule has 3 aromatic rings. The van der Waals surface area contributed by atoms with Crippen LogP contribution in [0.5, 0.6) is 5.75 Å². The molecule has 0 saturated heterocycles. The van der Waals surface area contributed by atoms with Crippen molar-refractivity contribution >= 4 is 5.91 Å². The number of carbonyl (C=O) groups excluding carboxylic acids is 1. The van der Waals surface area contributed by atoms with E-state index in [-0.39, 0.29) is 12.5 Å². The van der Waals surface area contributed by atoms with Gasteiger partial charge in [0.2, 0.25) is 11.7 Å². The highest BCUT2D eigenvalue weighted by atomic mass is 16.5. The van der Waals surface area contributed by atoms with E-state index >= 15 is 0 Å². The Morgan fingerprint density at radius 2 is 2.00 bits per heavy atom. The van der Waals surface area contributed by atoms with Crippen molar-refractivity contribution in [2.75, 3.05) is 7.11 Å². The highest BCUT2D eigenvalue weighted by Gasteiger charge is 2.11. The number of rotatable bonds is 5. The molecule has 2 aromatic carbocycles. The molecule has 122 valence electrons. The van der Waals surface area contributed by atoms with Gasteiger partial charge in [0.05, 0.1) is 13.7 Å². The van der Waals surface area contributed by atoms with Gasteiger partial charge in [-0.3, -0.25) is 4.79 Å². The second-order valence-electron chi connectivity index (χ2n) is 5.29. The Hall–Kier alpha value is -3.15. The molecule has 0 unspecified atom stereocenters. The smallest absolute Gasteiger partial charge is 0.251 e. The number of amides is 1. The van der Waals surface area contributed by atoms with E-state index in [2.05, 4.69) is 15.5 Å². The summed E-state index contributed by atoms with van der Waals surface area (Å²) in [5.41, 5.74) is 2.48. The summed E-state index contributed by atoms with van der Waals surface area (Å²) in [6, 6.07) is 14.7. The first-order valence-corrected chi connectivity index (χ1v) is 7.47. The Kier molecular flexibility index (Phi) is 4.56. The Morgan fingerprint density at radius 1 is 1.21 bits per heavy atom. The van der Waals surface area contributed by atoms with Gasteiger partial charge >= 0.3 is 0 Å². The van der Waals surface area contributed by atoms with Gasteiger partial charge in [-0.25, -0.2) is 0 Å². The lowest BCUT2D eigenvalue weighted by atomic mass is 10.1. The molecule has 0 aliphatic rings. The highest BCUT2D eigenvalue weighted by Crippen LogP contribution is 2.21. The fourth-order valence-corrected chi connectivity index (χ4v) is 2.17. The first kappa shape index (κ1) is 15.7. The van der Waals surface area contributed by atoms with Crippen LogP contribution in [0.15, 0.2) is 53.1 Å². The van der Waals surface area contributed by atoms with E-state index in [4.69, 9.17) is 9.26 Å². The van der Waals surface area contributed by atoms with Crippen LogP contribution in [-0.2, 0) is 6.54 Å². The third-order valence-corrected chi connectivity index (χ3v) is 3.51. The van der Waals surface area contributed by atoms with E-state index in [0.717, 1.165) is 11.1 Å². The quantitative estimate of drug-likeness (QED) is 0.781. The second-order valence-corrected chi connectivity index (χ2v) is 5.29. The zero-order chi connectivity index (χ0) is 16.9. The molecule has 0 aliphatic heterocycles. The molecular weight excluding hydrogens is 306 g/mol. The Balaban J connectivity index is 1.65. The predicted molar refractivity (Wildman–Crippen MR) is 88.6 cm³/mol. The Labute approximate surface area is 139 Å². The van der Waals surface area contributed by atoms with Gasteiger partial charge < -0.3 is 14.6 Å². The van der Waals surface area contributed by atoms with Gasteiger partial charge in [-0.05, 0) is 31.2 Å². The van der Waals surface area contributed by atoms with Crippen LogP contribution in [0.4, 0.5) is 0 Å². The largest absolute Gasteiger partial charge is 0.497 e. The normalized spacial score (nSPS) is 10.4. The molecule has 1 amide bonds. The number of hydrogen-bond acceptors (Lipinski definition) is 5. The first-order valence-electron chi connectivity index (χ1n) is 7.47. The van der Waals surface area contributed by atoms with E-state index in [0.29, 0.717) is 23.0 Å². The van der Waals surface area contributed by atoms with Crippen LogP contribution in [-0.4, -0.2) is 23.2 Å². The molecule has 6 nitrogen and oxygen atoms in total. The topological polar surface area (TPSA) is 77.3 Å². The summed E-state index contributed by atoms with van der Waals surface area (Å²) in [5.74, 6) is 1.32. The molecule has 24 heavy (non-hydrogen) atoms. The summed E-state index contributed by atoms with van der Waals surface area (Å²) < 4.78 is 10.4. The van der Waals surface area contributed by atoms with Gasteiger partial charge in [-0.1, -0.05) is 35.0 Å². The monoisotopic (exact) mass is 323 g/mol. The molecule has 1 aromatic heterocycles. The summed E-state index contributed by atoms with van der Waals surface area (Å²) in [5, 5.41) is 6.69. The third kappa shape index (κ3) is 3.60. The predicted octanol–water partition coefficient (Wildman–Crippen LogP) is 2.98. The number of nitrogens with zero attached hydrogens (tertiary/aromatic N) is 2. The van der Waals surface area contributed by atoms with Crippen LogP contribution in [0.2, 0.25) is 0 Å². The molecule has 1 N–H and O–H groups in total. The average Bonchev–Trinajstić information content (AvgIpc) is 3.09. The maximum Gasteiger partial charge on any atom is 0.251 e. The number of methoxy groups -OCH3 is 1. The minimum absolute atomic E-state index is 0.170. The summed E-state index contributed by atoms with van der Waals surface area (Å²) in [6.45, 7) is 2.14. The second kappa shape index (κ2) is 6.95. The van der Waals surface area contributed by atoms with Gasteiger partial charge in [0.15, 0.2) is 0 Å². The van der Waals surface area contributed by atoms with E-state index in [1.54, 1.807) is 19.2 Å². The van der Waals surface area contributed by atoms with Crippen molar-refractivity contribution in [1.29, 1.82) is 0 Å². The van der Waals surface area contributed by atoms with Gasteiger partial charge in [-0.15, -0.1) is 0 Å². The number of ether oxygens (including phenoxy) is 1. The van der Waals surface area contributed by atoms with Crippen molar-refractivity contribution in [2.45, 2.75) is 13.5 Å². The molecule has 0 bridgehead atoms. The zero-order valence-corrected chi connectivity index (χ0v) is 13.4. The van der Waals surface area contributed by atoms with Crippen molar-refractivity contribution in [3.8, 4) is 17.1 Å². The number of nitrogens with one attached hydrogen (secondary N) is 1. The molecule has 0 radical (unpaired) electrons. The van der Waals surface area contributed by atoms with Gasteiger partial charge in [0.25, 0.3) is 5.91 Å². The van der Waals surface area contributed by atoms with Crippen LogP contribution in [0.3, 0.4) is 0 Å². The maximum absolute atomic E-state index is 12.1. The first-order chi connectivity index (χ1) is 11.7. The van der Waals surface area contributed by atoms with Crippen molar-refractivity contribution in [1.82, 2.24) is 15.5 Å². The van der Waals surface area contributed by atoms with Crippen molar-refractivity contribution in [3.05, 3.63) is 65.5 Å². The highest BCUT2D eigenvalue weighted by molar-refractivity contribution is 5.94. The minimum atomic E-state index is -0.184. The number of benzene rings is 2. The van der Waals surface area contributed by atoms with Crippen molar-refractivity contribution < 1.29 is 14.1 Å². The third-order valence-electron chi connectivity index (χ3n) is 3.51. The number of aryl methyl sites for hydroxylation is 1. The molecule has 0 aliphatic carbocycles. The molecule has 0 atom stereocenters. The fraction of sp³-hybridized carbons (Fsp3) is 0.167. The van der Waals surface area contributed by atoms with E-state index in [1.807, 2.05) is 43.3 Å². The number of carbonyl (C=O) groups is 1. The van der Waals surface area contributed by atoms with Crippen LogP contribution >= 0.6 is 0 Å². The SMILES string of the molecule is COc1cccc(-c2noc(CNC(=O)c3ccc(C)cc3)n2)c1. The van der Waals surface area contributed by atoms with Crippen molar-refractivity contribution in [3.63, 3.8) is 0 Å². The molecular formula is C18H17N3O3. The van der Waals surface area contributed by atoms with E-state index in [9.17, 15) is 4.79 Å². The molecule has 0 saturated carbocycles. The standard InChI is InChI=1S/C18H17N3O3/c1-12-6-8-13(9-7-12)18(22)19-11-16-20-17(21-24-16)14-4-3-5-15(10-14)23-2/h3-10H,11H2,1-2H3,(H,19,22). The Morgan fingerprint density at radius 3 is 2.75 bits per heavy atom. The van der Waals surface area contributed by atoms with Gasteiger partial charge in [0.1, 0.15) is 5.75 Å². The summed E-state index contributed by atoms with van der Waals surface area (Å²) >= 11 is 0. The lowest BCUT2D eigenvalue weighted by Crippen LogP contribution is -2.22. The van der Waals surface area contributed by atoms with Gasteiger partial charge in [-0.2, -0.15) is 4.98 Å². The van der Waals surface area contributed by atoms with Crippen molar-refractivity contribution in [2.24, 2.45) is 0 Å². The number of hydrogen-bond donors (Lipinski definition) is 1. The average molecular weight is 323 g/mol. The molecule has 6 heteroatoms. The minimum Gasteiger partial charge on any atom is -0.497 e. The van der Waals surface area contributed by atoms with Crippen LogP contribution < -0.4 is 10.1 Å². The lowest BCUT2D eigenvalue weighted by molar-refractivity contribution is 0.0946. The number of aromatic nitrogens is 2. The van der Waals surface area contributed by atoms with Crippen LogP contribution in [0.1, 0.15) is 21.8 Å². The molecule has 0 spiro atoms. The molecule has 0 fully saturated rings. The van der Waals surface area contributed by atoms with E-state index in [1.165, 1.54) is 0 Å². The molecule has 3 rings (SSSR count). The van der Waals surface area contributed by atoms with Crippen LogP contribution in [0, 0.1) is 6.92 Å². The fourth-order valence-electron chi connectivity index (χ4n) is 2.17. The Bertz CT molecular complexity index is 841. The van der Waals surface area contributed by atoms with Gasteiger partial charge in [0, 0.05) is 11.1 Å². The van der Waals surface area contributed by atoms with Crippen LogP contribution in [0.25, 0.3) is 11.4 Å². The zero-order valence-electron chi connectivity index (χ0n) is 13.4. The summed E-state index contributed by atoms with van der Waals surface area (Å²) in [6.07, 6.45) is 0. The molecule has 1 heterocycles. The lowest BCUT2D eigenvalue weighted by Gasteiger charge is -2.02.